The first-order chi connectivity index (χ1) is 23.2. The second-order valence-electron chi connectivity index (χ2n) is 12.2. The number of carbonyl (C=O) groups is 1. The molecule has 48 heavy (non-hydrogen) atoms. The molecule has 2 N–H and O–H groups in total. The van der Waals surface area contributed by atoms with Gasteiger partial charge in [0.1, 0.15) is 34.8 Å². The minimum Gasteiger partial charge on any atom is -0.497 e. The van der Waals surface area contributed by atoms with Crippen molar-refractivity contribution in [1.82, 2.24) is 4.98 Å². The molecule has 3 atom stereocenters. The minimum absolute atomic E-state index is 0.0267. The number of pyridine rings is 1. The Morgan fingerprint density at radius 3 is 2.10 bits per heavy atom. The van der Waals surface area contributed by atoms with Crippen molar-refractivity contribution < 1.29 is 33.2 Å². The van der Waals surface area contributed by atoms with E-state index in [4.69, 9.17) is 18.9 Å². The molecule has 1 aliphatic heterocycles. The lowest BCUT2D eigenvalue weighted by molar-refractivity contribution is -0.118. The third kappa shape index (κ3) is 6.62. The number of fused-ring (bicyclic) bond motifs is 1. The van der Waals surface area contributed by atoms with Gasteiger partial charge in [0.25, 0.3) is 0 Å². The highest BCUT2D eigenvalue weighted by Crippen LogP contribution is 2.44. The summed E-state index contributed by atoms with van der Waals surface area (Å²) in [5.41, 5.74) is 2.62. The number of nitrogens with zero attached hydrogens (tertiary/aromatic N) is 1. The fourth-order valence-corrected chi connectivity index (χ4v) is 6.19. The van der Waals surface area contributed by atoms with E-state index in [1.807, 2.05) is 78.9 Å². The molecule has 0 aliphatic carbocycles. The number of amides is 1. The van der Waals surface area contributed by atoms with Gasteiger partial charge in [-0.15, -0.1) is 0 Å². The number of carbonyl (C=O) groups excluding carboxylic acids is 1. The van der Waals surface area contributed by atoms with E-state index in [1.54, 1.807) is 40.2 Å². The van der Waals surface area contributed by atoms with E-state index >= 15 is 0 Å². The number of ether oxygens (including phenoxy) is 4. The summed E-state index contributed by atoms with van der Waals surface area (Å²) < 4.78 is 38.9. The zero-order valence-corrected chi connectivity index (χ0v) is 27.4. The highest BCUT2D eigenvalue weighted by molar-refractivity contribution is 5.93. The van der Waals surface area contributed by atoms with E-state index in [2.05, 4.69) is 10.3 Å². The van der Waals surface area contributed by atoms with Gasteiger partial charge in [-0.3, -0.25) is 4.79 Å². The SMILES string of the molecule is COc1ccc(C(OC[C@H]2O[C@@H](c3cc(NC(=O)C(C)C)nc4ccc(F)cc34)C[C@@H]2O)(c2ccccc2)c2ccc(OC)cc2)cc1. The van der Waals surface area contributed by atoms with Gasteiger partial charge in [0.05, 0.1) is 38.6 Å². The summed E-state index contributed by atoms with van der Waals surface area (Å²) in [6, 6.07) is 31.3. The number of methoxy groups -OCH3 is 2. The molecule has 1 amide bonds. The maximum Gasteiger partial charge on any atom is 0.228 e. The van der Waals surface area contributed by atoms with Crippen LogP contribution in [0.1, 0.15) is 48.6 Å². The largest absolute Gasteiger partial charge is 0.497 e. The van der Waals surface area contributed by atoms with E-state index in [9.17, 15) is 14.3 Å². The molecule has 9 heteroatoms. The number of halogens is 1. The molecular weight excluding hydrogens is 611 g/mol. The van der Waals surface area contributed by atoms with Crippen molar-refractivity contribution in [3.63, 3.8) is 0 Å². The van der Waals surface area contributed by atoms with Crippen LogP contribution in [0.3, 0.4) is 0 Å². The van der Waals surface area contributed by atoms with E-state index in [0.29, 0.717) is 33.8 Å². The third-order valence-corrected chi connectivity index (χ3v) is 8.79. The van der Waals surface area contributed by atoms with Crippen LogP contribution in [0.25, 0.3) is 10.9 Å². The summed E-state index contributed by atoms with van der Waals surface area (Å²) in [6.45, 7) is 3.61. The van der Waals surface area contributed by atoms with Gasteiger partial charge in [-0.1, -0.05) is 68.4 Å². The average molecular weight is 651 g/mol. The lowest BCUT2D eigenvalue weighted by atomic mass is 9.80. The Hall–Kier alpha value is -4.83. The maximum atomic E-state index is 14.5. The molecule has 4 aromatic carbocycles. The second kappa shape index (κ2) is 14.1. The lowest BCUT2D eigenvalue weighted by Gasteiger charge is -2.37. The molecule has 6 rings (SSSR count). The van der Waals surface area contributed by atoms with Gasteiger partial charge in [0, 0.05) is 17.7 Å². The van der Waals surface area contributed by atoms with Gasteiger partial charge in [-0.05, 0) is 70.8 Å². The molecule has 2 heterocycles. The van der Waals surface area contributed by atoms with Crippen LogP contribution in [0.15, 0.2) is 103 Å². The molecule has 0 spiro atoms. The van der Waals surface area contributed by atoms with Crippen molar-refractivity contribution in [1.29, 1.82) is 0 Å². The van der Waals surface area contributed by atoms with Crippen molar-refractivity contribution in [2.24, 2.45) is 5.92 Å². The predicted molar refractivity (Wildman–Crippen MR) is 182 cm³/mol. The number of hydrogen-bond donors (Lipinski definition) is 2. The topological polar surface area (TPSA) is 99.1 Å². The third-order valence-electron chi connectivity index (χ3n) is 8.79. The van der Waals surface area contributed by atoms with Crippen LogP contribution in [0.2, 0.25) is 0 Å². The molecular formula is C39H39FN2O6. The van der Waals surface area contributed by atoms with E-state index in [-0.39, 0.29) is 24.9 Å². The number of hydrogen-bond acceptors (Lipinski definition) is 7. The van der Waals surface area contributed by atoms with Gasteiger partial charge in [0.2, 0.25) is 5.91 Å². The molecule has 1 fully saturated rings. The first-order valence-electron chi connectivity index (χ1n) is 15.9. The Morgan fingerprint density at radius 2 is 1.52 bits per heavy atom. The first kappa shape index (κ1) is 33.1. The Balaban J connectivity index is 1.37. The first-order valence-corrected chi connectivity index (χ1v) is 15.9. The van der Waals surface area contributed by atoms with Crippen LogP contribution < -0.4 is 14.8 Å². The minimum atomic E-state index is -1.10. The summed E-state index contributed by atoms with van der Waals surface area (Å²) >= 11 is 0. The van der Waals surface area contributed by atoms with Crippen LogP contribution in [0.5, 0.6) is 11.5 Å². The number of rotatable bonds is 11. The fraction of sp³-hybridized carbons (Fsp3) is 0.282. The Kier molecular flexibility index (Phi) is 9.73. The van der Waals surface area contributed by atoms with Crippen LogP contribution in [-0.2, 0) is 19.9 Å². The fourth-order valence-electron chi connectivity index (χ4n) is 6.19. The zero-order valence-electron chi connectivity index (χ0n) is 27.4. The summed E-state index contributed by atoms with van der Waals surface area (Å²) in [6.07, 6.45) is -1.98. The van der Waals surface area contributed by atoms with Crippen molar-refractivity contribution in [3.8, 4) is 11.5 Å². The van der Waals surface area contributed by atoms with Crippen LogP contribution >= 0.6 is 0 Å². The molecule has 5 aromatic rings. The quantitative estimate of drug-likeness (QED) is 0.146. The molecule has 248 valence electrons. The highest BCUT2D eigenvalue weighted by Gasteiger charge is 2.42. The molecule has 1 saturated heterocycles. The number of aliphatic hydroxyl groups is 1. The number of aromatic nitrogens is 1. The highest BCUT2D eigenvalue weighted by atomic mass is 19.1. The van der Waals surface area contributed by atoms with Gasteiger partial charge in [-0.2, -0.15) is 0 Å². The summed E-state index contributed by atoms with van der Waals surface area (Å²) in [4.78, 5) is 17.1. The molecule has 1 aromatic heterocycles. The van der Waals surface area contributed by atoms with E-state index in [1.165, 1.54) is 12.1 Å². The summed E-state index contributed by atoms with van der Waals surface area (Å²) in [5, 5.41) is 14.8. The second-order valence-corrected chi connectivity index (χ2v) is 12.2. The lowest BCUT2D eigenvalue weighted by Crippen LogP contribution is -2.38. The van der Waals surface area contributed by atoms with Crippen molar-refractivity contribution in [2.75, 3.05) is 26.1 Å². The van der Waals surface area contributed by atoms with Gasteiger partial charge in [0.15, 0.2) is 0 Å². The molecule has 0 bridgehead atoms. The van der Waals surface area contributed by atoms with Gasteiger partial charge in [-0.25, -0.2) is 9.37 Å². The van der Waals surface area contributed by atoms with E-state index in [0.717, 1.165) is 16.7 Å². The zero-order chi connectivity index (χ0) is 33.8. The van der Waals surface area contributed by atoms with Crippen LogP contribution in [-0.4, -0.2) is 49.0 Å². The average Bonchev–Trinajstić information content (AvgIpc) is 3.49. The Labute approximate surface area is 279 Å². The normalized spacial score (nSPS) is 17.9. The molecule has 0 saturated carbocycles. The Morgan fingerprint density at radius 1 is 0.917 bits per heavy atom. The molecule has 0 unspecified atom stereocenters. The molecule has 8 nitrogen and oxygen atoms in total. The summed E-state index contributed by atoms with van der Waals surface area (Å²) in [5.74, 6) is 0.877. The summed E-state index contributed by atoms with van der Waals surface area (Å²) in [7, 11) is 3.24. The van der Waals surface area contributed by atoms with Crippen molar-refractivity contribution in [2.45, 2.75) is 44.2 Å². The monoisotopic (exact) mass is 650 g/mol. The van der Waals surface area contributed by atoms with Crippen LogP contribution in [0.4, 0.5) is 10.2 Å². The number of nitrogens with one attached hydrogen (secondary N) is 1. The van der Waals surface area contributed by atoms with Crippen molar-refractivity contribution >= 4 is 22.6 Å². The molecule has 1 aliphatic rings. The van der Waals surface area contributed by atoms with Gasteiger partial charge >= 0.3 is 0 Å². The predicted octanol–water partition coefficient (Wildman–Crippen LogP) is 7.19. The number of aliphatic hydroxyl groups excluding tert-OH is 1. The number of anilines is 1. The number of benzene rings is 4. The molecule has 0 radical (unpaired) electrons. The smallest absolute Gasteiger partial charge is 0.228 e. The van der Waals surface area contributed by atoms with E-state index < -0.39 is 29.7 Å². The maximum absolute atomic E-state index is 14.5. The van der Waals surface area contributed by atoms with Gasteiger partial charge < -0.3 is 29.4 Å². The van der Waals surface area contributed by atoms with Crippen LogP contribution in [0, 0.1) is 11.7 Å². The standard InChI is InChI=1S/C39H39FN2O6/c1-24(2)38(44)42-37-21-32(31-20-28(40)14-19-33(31)41-37)35-22-34(43)36(48-35)23-47-39(25-8-6-5-7-9-25,26-10-15-29(45-3)16-11-26)27-12-17-30(46-4)18-13-27/h5-21,24,34-36,43H,22-23H2,1-4H3,(H,41,42,44)/t34-,35+,36+/m0/s1. The Bertz CT molecular complexity index is 1820. The van der Waals surface area contributed by atoms with Crippen molar-refractivity contribution in [3.05, 3.63) is 131 Å².